The van der Waals surface area contributed by atoms with Gasteiger partial charge in [0, 0.05) is 0 Å². The first-order valence-electron chi connectivity index (χ1n) is 6.35. The van der Waals surface area contributed by atoms with E-state index in [0.29, 0.717) is 0 Å². The van der Waals surface area contributed by atoms with E-state index in [-0.39, 0.29) is 0 Å². The van der Waals surface area contributed by atoms with Crippen molar-refractivity contribution >= 4 is 0 Å². The molecule has 2 heteroatoms. The van der Waals surface area contributed by atoms with Crippen LogP contribution in [0.15, 0.2) is 60.7 Å². The van der Waals surface area contributed by atoms with Crippen molar-refractivity contribution in [2.75, 3.05) is 14.1 Å². The van der Waals surface area contributed by atoms with E-state index in [1.807, 2.05) is 0 Å². The molecule has 0 bridgehead atoms. The van der Waals surface area contributed by atoms with Crippen LogP contribution in [0.5, 0.6) is 0 Å². The molecule has 0 N–H and O–H groups in total. The summed E-state index contributed by atoms with van der Waals surface area (Å²) in [6, 6.07) is 21.8. The Balaban J connectivity index is 2.05. The van der Waals surface area contributed by atoms with Gasteiger partial charge in [0.05, 0.1) is 0 Å². The predicted molar refractivity (Wildman–Crippen MR) is 74.0 cm³/mol. The van der Waals surface area contributed by atoms with Crippen LogP contribution in [0.1, 0.15) is 11.1 Å². The van der Waals surface area contributed by atoms with Gasteiger partial charge in [0.25, 0.3) is 0 Å². The van der Waals surface area contributed by atoms with Gasteiger partial charge in [-0.2, -0.15) is 0 Å². The van der Waals surface area contributed by atoms with Gasteiger partial charge in [-0.3, -0.25) is 0 Å². The van der Waals surface area contributed by atoms with Crippen LogP contribution in [-0.4, -0.2) is 16.9 Å². The molecule has 0 saturated heterocycles. The van der Waals surface area contributed by atoms with E-state index >= 15 is 0 Å². The second kappa shape index (κ2) is 7.02. The van der Waals surface area contributed by atoms with Crippen LogP contribution < -0.4 is 0 Å². The molecule has 2 aromatic rings. The van der Waals surface area contributed by atoms with E-state index in [2.05, 4.69) is 77.6 Å². The van der Waals surface area contributed by atoms with Crippen molar-refractivity contribution in [3.8, 4) is 0 Å². The van der Waals surface area contributed by atoms with Crippen molar-refractivity contribution in [1.29, 1.82) is 0 Å². The molecule has 18 heavy (non-hydrogen) atoms. The van der Waals surface area contributed by atoms with Gasteiger partial charge in [0.15, 0.2) is 0 Å². The average molecular weight is 318 g/mol. The molecule has 0 atom stereocenters. The Morgan fingerprint density at radius 2 is 1.11 bits per heavy atom. The molecule has 0 saturated carbocycles. The van der Waals surface area contributed by atoms with Crippen molar-refractivity contribution in [2.45, 2.75) is 8.26 Å². The molecular formula is C16H20NZr. The van der Waals surface area contributed by atoms with E-state index in [0.717, 1.165) is 0 Å². The van der Waals surface area contributed by atoms with Crippen LogP contribution in [0, 0.1) is 0 Å². The number of rotatable bonds is 5. The molecule has 2 rings (SSSR count). The molecule has 0 heterocycles. The Morgan fingerprint density at radius 1 is 0.722 bits per heavy atom. The fourth-order valence-electron chi connectivity index (χ4n) is 2.04. The van der Waals surface area contributed by atoms with Gasteiger partial charge in [-0.25, -0.2) is 0 Å². The van der Waals surface area contributed by atoms with E-state index in [9.17, 15) is 0 Å². The summed E-state index contributed by atoms with van der Waals surface area (Å²) in [5.74, 6) is 0. The van der Waals surface area contributed by atoms with Crippen LogP contribution in [0.4, 0.5) is 0 Å². The summed E-state index contributed by atoms with van der Waals surface area (Å²) in [6.07, 6.45) is 0. The number of hydrogen-bond acceptors (Lipinski definition) is 1. The summed E-state index contributed by atoms with van der Waals surface area (Å²) in [6.45, 7) is 0. The molecule has 0 unspecified atom stereocenters. The van der Waals surface area contributed by atoms with Crippen molar-refractivity contribution < 1.29 is 22.0 Å². The summed E-state index contributed by atoms with van der Waals surface area (Å²) in [5.41, 5.74) is 2.99. The summed E-state index contributed by atoms with van der Waals surface area (Å²) < 4.78 is 5.11. The molecule has 0 fully saturated rings. The zero-order valence-corrected chi connectivity index (χ0v) is 13.6. The van der Waals surface area contributed by atoms with Gasteiger partial charge in [-0.1, -0.05) is 0 Å². The van der Waals surface area contributed by atoms with Gasteiger partial charge in [-0.05, 0) is 0 Å². The van der Waals surface area contributed by atoms with E-state index in [4.69, 9.17) is 0 Å². The van der Waals surface area contributed by atoms with Crippen LogP contribution in [-0.2, 0) is 30.3 Å². The average Bonchev–Trinajstić information content (AvgIpc) is 2.40. The molecule has 0 radical (unpaired) electrons. The molecule has 0 spiro atoms. The van der Waals surface area contributed by atoms with Gasteiger partial charge in [-0.15, -0.1) is 0 Å². The van der Waals surface area contributed by atoms with Crippen LogP contribution in [0.25, 0.3) is 0 Å². The van der Waals surface area contributed by atoms with Crippen molar-refractivity contribution in [1.82, 2.24) is 2.84 Å². The molecule has 2 aromatic carbocycles. The molecule has 0 amide bonds. The van der Waals surface area contributed by atoms with Crippen LogP contribution >= 0.6 is 0 Å². The van der Waals surface area contributed by atoms with Gasteiger partial charge < -0.3 is 0 Å². The maximum atomic E-state index is 2.52. The molecular weight excluding hydrogens is 297 g/mol. The van der Waals surface area contributed by atoms with E-state index in [1.165, 1.54) is 19.4 Å². The van der Waals surface area contributed by atoms with E-state index in [1.54, 1.807) is 0 Å². The van der Waals surface area contributed by atoms with Crippen LogP contribution in [0.3, 0.4) is 0 Å². The van der Waals surface area contributed by atoms with E-state index < -0.39 is 22.0 Å². The second-order valence-electron chi connectivity index (χ2n) is 4.79. The van der Waals surface area contributed by atoms with Gasteiger partial charge in [0.1, 0.15) is 0 Å². The number of nitrogens with zero attached hydrogens (tertiary/aromatic N) is 1. The van der Waals surface area contributed by atoms with Gasteiger partial charge in [0.2, 0.25) is 0 Å². The SMILES string of the molecule is C[N](C)[Zr]([CH2]c1ccccc1)[CH2]c1ccccc1. The second-order valence-corrected chi connectivity index (χ2v) is 11.5. The quantitative estimate of drug-likeness (QED) is 0.816. The Morgan fingerprint density at radius 3 is 1.44 bits per heavy atom. The molecule has 0 aliphatic rings. The first-order valence-corrected chi connectivity index (χ1v) is 10.9. The standard InChI is InChI=1S/2C7H7.C2H6N.Zr/c2*1-7-5-3-2-4-6-7;1-3-2;/h2*2-6H,1H2;1-2H3;/q;;-1;+1. The zero-order chi connectivity index (χ0) is 12.8. The Kier molecular flexibility index (Phi) is 5.34. The van der Waals surface area contributed by atoms with Crippen molar-refractivity contribution in [3.05, 3.63) is 71.8 Å². The monoisotopic (exact) mass is 316 g/mol. The molecule has 0 aromatic heterocycles. The number of benzene rings is 2. The Labute approximate surface area is 119 Å². The summed E-state index contributed by atoms with van der Waals surface area (Å²) >= 11 is -1.54. The fraction of sp³-hybridized carbons (Fsp3) is 0.250. The minimum atomic E-state index is -1.54. The molecule has 0 aliphatic carbocycles. The topological polar surface area (TPSA) is 3.24 Å². The fourth-order valence-corrected chi connectivity index (χ4v) is 7.38. The van der Waals surface area contributed by atoms with Crippen molar-refractivity contribution in [3.63, 3.8) is 0 Å². The normalized spacial score (nSPS) is 10.6. The maximum absolute atomic E-state index is 2.52. The molecule has 93 valence electrons. The predicted octanol–water partition coefficient (Wildman–Crippen LogP) is 3.48. The zero-order valence-electron chi connectivity index (χ0n) is 11.1. The summed E-state index contributed by atoms with van der Waals surface area (Å²) in [4.78, 5) is 0. The third-order valence-electron chi connectivity index (χ3n) is 3.13. The molecule has 1 nitrogen and oxygen atoms in total. The summed E-state index contributed by atoms with van der Waals surface area (Å²) in [5, 5.41) is 0. The first-order chi connectivity index (χ1) is 8.75. The van der Waals surface area contributed by atoms with Crippen LogP contribution in [0.2, 0.25) is 0 Å². The first kappa shape index (κ1) is 13.7. The van der Waals surface area contributed by atoms with Crippen molar-refractivity contribution in [2.24, 2.45) is 0 Å². The number of hydrogen-bond donors (Lipinski definition) is 0. The Bertz CT molecular complexity index is 412. The third-order valence-corrected chi connectivity index (χ3v) is 10.3. The minimum absolute atomic E-state index is 1.30. The summed E-state index contributed by atoms with van der Waals surface area (Å²) in [7, 11) is 4.50. The van der Waals surface area contributed by atoms with Gasteiger partial charge >= 0.3 is 119 Å². The third kappa shape index (κ3) is 4.19. The molecule has 0 aliphatic heterocycles. The Hall–Kier alpha value is -0.717.